The molecule has 0 fully saturated rings. The van der Waals surface area contributed by atoms with Crippen molar-refractivity contribution < 1.29 is 13.9 Å². The predicted molar refractivity (Wildman–Crippen MR) is 100 cm³/mol. The number of carbonyl (C=O) groups excluding carboxylic acids is 1. The third-order valence-electron chi connectivity index (χ3n) is 4.41. The Balaban J connectivity index is 1.59. The minimum atomic E-state index is -0.0494. The normalized spacial score (nSPS) is 10.8. The van der Waals surface area contributed by atoms with E-state index in [2.05, 4.69) is 10.4 Å². The first-order valence-electron chi connectivity index (χ1n) is 8.51. The molecule has 3 rings (SSSR count). The van der Waals surface area contributed by atoms with Crippen molar-refractivity contribution in [1.82, 2.24) is 9.78 Å². The molecule has 3 aromatic rings. The lowest BCUT2D eigenvalue weighted by Crippen LogP contribution is -2.13. The first-order chi connectivity index (χ1) is 12.5. The summed E-state index contributed by atoms with van der Waals surface area (Å²) in [5.41, 5.74) is 3.52. The minimum Gasteiger partial charge on any atom is -0.497 e. The largest absolute Gasteiger partial charge is 0.497 e. The molecule has 0 saturated carbocycles. The molecule has 6 nitrogen and oxygen atoms in total. The summed E-state index contributed by atoms with van der Waals surface area (Å²) in [5.74, 6) is 2.32. The summed E-state index contributed by atoms with van der Waals surface area (Å²) in [5, 5.41) is 7.25. The van der Waals surface area contributed by atoms with Crippen LogP contribution in [-0.2, 0) is 18.3 Å². The number of anilines is 1. The van der Waals surface area contributed by atoms with E-state index in [-0.39, 0.29) is 5.91 Å². The smallest absolute Gasteiger partial charge is 0.224 e. The van der Waals surface area contributed by atoms with E-state index >= 15 is 0 Å². The summed E-state index contributed by atoms with van der Waals surface area (Å²) in [6.45, 7) is 3.82. The summed E-state index contributed by atoms with van der Waals surface area (Å²) < 4.78 is 12.8. The number of ether oxygens (including phenoxy) is 1. The van der Waals surface area contributed by atoms with Crippen LogP contribution < -0.4 is 10.1 Å². The number of methoxy groups -OCH3 is 1. The number of nitrogens with zero attached hydrogens (tertiary/aromatic N) is 2. The molecule has 1 N–H and O–H groups in total. The third kappa shape index (κ3) is 3.79. The second-order valence-corrected chi connectivity index (χ2v) is 6.21. The number of carbonyl (C=O) groups is 1. The van der Waals surface area contributed by atoms with Gasteiger partial charge in [0, 0.05) is 25.5 Å². The molecule has 0 aliphatic rings. The van der Waals surface area contributed by atoms with Crippen LogP contribution in [0.1, 0.15) is 23.6 Å². The molecule has 6 heteroatoms. The van der Waals surface area contributed by atoms with Crippen molar-refractivity contribution in [2.45, 2.75) is 26.7 Å². The van der Waals surface area contributed by atoms with E-state index in [1.807, 2.05) is 57.3 Å². The molecule has 0 aliphatic heterocycles. The molecule has 2 aromatic heterocycles. The Bertz CT molecular complexity index is 907. The zero-order valence-electron chi connectivity index (χ0n) is 15.5. The Morgan fingerprint density at radius 3 is 2.54 bits per heavy atom. The number of hydrogen-bond donors (Lipinski definition) is 1. The highest BCUT2D eigenvalue weighted by Crippen LogP contribution is 2.25. The number of benzene rings is 1. The second kappa shape index (κ2) is 7.47. The van der Waals surface area contributed by atoms with Crippen LogP contribution in [0, 0.1) is 13.8 Å². The summed E-state index contributed by atoms with van der Waals surface area (Å²) in [7, 11) is 3.50. The summed E-state index contributed by atoms with van der Waals surface area (Å²) in [6, 6.07) is 11.5. The van der Waals surface area contributed by atoms with Crippen molar-refractivity contribution >= 4 is 11.6 Å². The Labute approximate surface area is 152 Å². The fraction of sp³-hybridized carbons (Fsp3) is 0.300. The number of aromatic nitrogens is 2. The molecule has 0 aliphatic carbocycles. The van der Waals surface area contributed by atoms with Crippen molar-refractivity contribution in [2.75, 3.05) is 12.4 Å². The van der Waals surface area contributed by atoms with Gasteiger partial charge in [0.2, 0.25) is 5.91 Å². The Kier molecular flexibility index (Phi) is 5.11. The van der Waals surface area contributed by atoms with Crippen LogP contribution in [-0.4, -0.2) is 22.8 Å². The van der Waals surface area contributed by atoms with Gasteiger partial charge in [-0.15, -0.1) is 0 Å². The van der Waals surface area contributed by atoms with Crippen LogP contribution in [0.4, 0.5) is 5.69 Å². The Morgan fingerprint density at radius 1 is 1.19 bits per heavy atom. The number of nitrogens with one attached hydrogen (secondary N) is 1. The fourth-order valence-corrected chi connectivity index (χ4v) is 2.82. The van der Waals surface area contributed by atoms with E-state index in [1.54, 1.807) is 11.8 Å². The van der Waals surface area contributed by atoms with E-state index < -0.39 is 0 Å². The molecule has 1 aromatic carbocycles. The van der Waals surface area contributed by atoms with Crippen LogP contribution in [0.5, 0.6) is 5.75 Å². The average molecular weight is 353 g/mol. The molecule has 0 atom stereocenters. The van der Waals surface area contributed by atoms with Gasteiger partial charge in [0.1, 0.15) is 17.3 Å². The van der Waals surface area contributed by atoms with E-state index in [0.717, 1.165) is 39.9 Å². The van der Waals surface area contributed by atoms with Crippen molar-refractivity contribution in [3.8, 4) is 17.1 Å². The average Bonchev–Trinajstić information content (AvgIpc) is 3.21. The lowest BCUT2D eigenvalue weighted by molar-refractivity contribution is -0.116. The molecule has 0 unspecified atom stereocenters. The van der Waals surface area contributed by atoms with Crippen LogP contribution >= 0.6 is 0 Å². The van der Waals surface area contributed by atoms with Gasteiger partial charge in [-0.25, -0.2) is 0 Å². The Morgan fingerprint density at radius 2 is 1.92 bits per heavy atom. The molecule has 0 saturated heterocycles. The maximum absolute atomic E-state index is 12.2. The van der Waals surface area contributed by atoms with Gasteiger partial charge in [-0.2, -0.15) is 5.10 Å². The highest BCUT2D eigenvalue weighted by atomic mass is 16.5. The van der Waals surface area contributed by atoms with Gasteiger partial charge < -0.3 is 14.5 Å². The summed E-state index contributed by atoms with van der Waals surface area (Å²) in [6.07, 6.45) is 0.893. The quantitative estimate of drug-likeness (QED) is 0.730. The molecular formula is C20H23N3O3. The Hall–Kier alpha value is -3.02. The van der Waals surface area contributed by atoms with E-state index in [1.165, 1.54) is 0 Å². The molecule has 0 bridgehead atoms. The van der Waals surface area contributed by atoms with Crippen molar-refractivity contribution in [3.05, 3.63) is 53.5 Å². The second-order valence-electron chi connectivity index (χ2n) is 6.21. The van der Waals surface area contributed by atoms with Gasteiger partial charge >= 0.3 is 0 Å². The number of rotatable bonds is 6. The fourth-order valence-electron chi connectivity index (χ4n) is 2.82. The standard InChI is InChI=1S/C20H23N3O3/c1-13-20(14(2)23(3)22-13)21-19(24)12-10-17-9-11-18(26-17)15-5-7-16(25-4)8-6-15/h5-9,11H,10,12H2,1-4H3,(H,21,24). The van der Waals surface area contributed by atoms with Gasteiger partial charge in [0.15, 0.2) is 0 Å². The van der Waals surface area contributed by atoms with Crippen molar-refractivity contribution in [2.24, 2.45) is 7.05 Å². The third-order valence-corrected chi connectivity index (χ3v) is 4.41. The molecular weight excluding hydrogens is 330 g/mol. The number of aryl methyl sites for hydroxylation is 3. The maximum atomic E-state index is 12.2. The molecule has 1 amide bonds. The van der Waals surface area contributed by atoms with Crippen LogP contribution in [0.25, 0.3) is 11.3 Å². The first-order valence-corrected chi connectivity index (χ1v) is 8.51. The lowest BCUT2D eigenvalue weighted by atomic mass is 10.2. The van der Waals surface area contributed by atoms with E-state index in [4.69, 9.17) is 9.15 Å². The number of amides is 1. The zero-order valence-corrected chi connectivity index (χ0v) is 15.5. The van der Waals surface area contributed by atoms with Crippen molar-refractivity contribution in [1.29, 1.82) is 0 Å². The summed E-state index contributed by atoms with van der Waals surface area (Å²) >= 11 is 0. The van der Waals surface area contributed by atoms with Gasteiger partial charge in [-0.05, 0) is 50.2 Å². The first kappa shape index (κ1) is 17.8. The molecule has 0 spiro atoms. The predicted octanol–water partition coefficient (Wildman–Crippen LogP) is 3.88. The molecule has 0 radical (unpaired) electrons. The topological polar surface area (TPSA) is 69.3 Å². The monoisotopic (exact) mass is 353 g/mol. The van der Waals surface area contributed by atoms with Gasteiger partial charge in [0.05, 0.1) is 24.2 Å². The summed E-state index contributed by atoms with van der Waals surface area (Å²) in [4.78, 5) is 12.2. The van der Waals surface area contributed by atoms with Gasteiger partial charge in [-0.3, -0.25) is 9.48 Å². The molecule has 2 heterocycles. The highest BCUT2D eigenvalue weighted by molar-refractivity contribution is 5.92. The van der Waals surface area contributed by atoms with E-state index in [0.29, 0.717) is 12.8 Å². The van der Waals surface area contributed by atoms with E-state index in [9.17, 15) is 4.79 Å². The minimum absolute atomic E-state index is 0.0494. The zero-order chi connectivity index (χ0) is 18.7. The van der Waals surface area contributed by atoms with Gasteiger partial charge in [0.25, 0.3) is 0 Å². The highest BCUT2D eigenvalue weighted by Gasteiger charge is 2.13. The van der Waals surface area contributed by atoms with Crippen LogP contribution in [0.2, 0.25) is 0 Å². The van der Waals surface area contributed by atoms with Crippen LogP contribution in [0.3, 0.4) is 0 Å². The molecule has 26 heavy (non-hydrogen) atoms. The molecule has 136 valence electrons. The van der Waals surface area contributed by atoms with Gasteiger partial charge in [-0.1, -0.05) is 0 Å². The lowest BCUT2D eigenvalue weighted by Gasteiger charge is -2.05. The number of furan rings is 1. The van der Waals surface area contributed by atoms with Crippen molar-refractivity contribution in [3.63, 3.8) is 0 Å². The maximum Gasteiger partial charge on any atom is 0.224 e. The SMILES string of the molecule is COc1ccc(-c2ccc(CCC(=O)Nc3c(C)nn(C)c3C)o2)cc1. The van der Waals surface area contributed by atoms with Crippen LogP contribution in [0.15, 0.2) is 40.8 Å². The number of hydrogen-bond acceptors (Lipinski definition) is 4.